The van der Waals surface area contributed by atoms with Crippen LogP contribution in [0.15, 0.2) is 60.8 Å². The number of fused-ring (bicyclic) bond motifs is 1. The van der Waals surface area contributed by atoms with Crippen LogP contribution in [0.2, 0.25) is 5.02 Å². The zero-order valence-corrected chi connectivity index (χ0v) is 18.2. The van der Waals surface area contributed by atoms with Crippen LogP contribution >= 0.6 is 22.9 Å². The standard InChI is InChI=1S/C23H20ClN3O2S/c1-15-6-7-16(2)22-21(15)26-23(30-22)27(13-18-5-3-4-12-25-18)20(28)14-29-19-10-8-17(24)9-11-19/h3-12H,13-14H2,1-2H3. The van der Waals surface area contributed by atoms with Gasteiger partial charge in [0.25, 0.3) is 5.91 Å². The Hall–Kier alpha value is -2.96. The summed E-state index contributed by atoms with van der Waals surface area (Å²) in [7, 11) is 0. The molecule has 2 heterocycles. The molecule has 0 aliphatic carbocycles. The molecule has 30 heavy (non-hydrogen) atoms. The lowest BCUT2D eigenvalue weighted by Crippen LogP contribution is -2.34. The van der Waals surface area contributed by atoms with Gasteiger partial charge in [0, 0.05) is 11.2 Å². The minimum Gasteiger partial charge on any atom is -0.484 e. The summed E-state index contributed by atoms with van der Waals surface area (Å²) >= 11 is 7.43. The summed E-state index contributed by atoms with van der Waals surface area (Å²) in [5.74, 6) is 0.395. The van der Waals surface area contributed by atoms with Crippen molar-refractivity contribution in [2.75, 3.05) is 11.5 Å². The number of aromatic nitrogens is 2. The summed E-state index contributed by atoms with van der Waals surface area (Å²) in [6.45, 7) is 4.29. The van der Waals surface area contributed by atoms with Crippen molar-refractivity contribution in [3.63, 3.8) is 0 Å². The van der Waals surface area contributed by atoms with Crippen molar-refractivity contribution < 1.29 is 9.53 Å². The molecule has 0 unspecified atom stereocenters. The van der Waals surface area contributed by atoms with Crippen LogP contribution in [-0.4, -0.2) is 22.5 Å². The van der Waals surface area contributed by atoms with E-state index in [1.807, 2.05) is 25.1 Å². The highest BCUT2D eigenvalue weighted by Gasteiger charge is 2.22. The maximum Gasteiger partial charge on any atom is 0.267 e. The molecule has 0 aliphatic heterocycles. The number of ether oxygens (including phenoxy) is 1. The molecule has 152 valence electrons. The number of anilines is 1. The molecule has 0 saturated carbocycles. The van der Waals surface area contributed by atoms with Crippen molar-refractivity contribution in [3.8, 4) is 5.75 Å². The average Bonchev–Trinajstić information content (AvgIpc) is 3.21. The minimum absolute atomic E-state index is 0.109. The lowest BCUT2D eigenvalue weighted by molar-refractivity contribution is -0.120. The van der Waals surface area contributed by atoms with Gasteiger partial charge in [0.1, 0.15) is 5.75 Å². The maximum atomic E-state index is 13.1. The summed E-state index contributed by atoms with van der Waals surface area (Å²) in [4.78, 5) is 23.9. The van der Waals surface area contributed by atoms with Gasteiger partial charge in [-0.1, -0.05) is 41.1 Å². The van der Waals surface area contributed by atoms with Crippen LogP contribution in [0.1, 0.15) is 16.8 Å². The molecule has 7 heteroatoms. The summed E-state index contributed by atoms with van der Waals surface area (Å²) in [5, 5.41) is 1.25. The Labute approximate surface area is 183 Å². The van der Waals surface area contributed by atoms with E-state index in [9.17, 15) is 4.79 Å². The summed E-state index contributed by atoms with van der Waals surface area (Å²) < 4.78 is 6.78. The van der Waals surface area contributed by atoms with Crippen LogP contribution in [-0.2, 0) is 11.3 Å². The summed E-state index contributed by atoms with van der Waals surface area (Å²) in [6, 6.07) is 16.7. The number of benzene rings is 2. The van der Waals surface area contributed by atoms with E-state index < -0.39 is 0 Å². The number of halogens is 1. The quantitative estimate of drug-likeness (QED) is 0.395. The lowest BCUT2D eigenvalue weighted by atomic mass is 10.1. The first-order chi connectivity index (χ1) is 14.5. The molecule has 5 nitrogen and oxygen atoms in total. The first-order valence-electron chi connectivity index (χ1n) is 9.46. The molecule has 0 N–H and O–H groups in total. The first kappa shape index (κ1) is 20.3. The number of carbonyl (C=O) groups is 1. The first-order valence-corrected chi connectivity index (χ1v) is 10.7. The molecule has 4 rings (SSSR count). The predicted molar refractivity (Wildman–Crippen MR) is 121 cm³/mol. The molecule has 0 radical (unpaired) electrons. The molecule has 0 atom stereocenters. The van der Waals surface area contributed by atoms with Gasteiger partial charge in [-0.15, -0.1) is 0 Å². The van der Waals surface area contributed by atoms with E-state index in [1.54, 1.807) is 35.4 Å². The number of hydrogen-bond acceptors (Lipinski definition) is 5. The van der Waals surface area contributed by atoms with Crippen molar-refractivity contribution in [3.05, 3.63) is 82.6 Å². The number of rotatable bonds is 6. The van der Waals surface area contributed by atoms with Crippen LogP contribution < -0.4 is 9.64 Å². The fraction of sp³-hybridized carbons (Fsp3) is 0.174. The third-order valence-electron chi connectivity index (χ3n) is 4.69. The van der Waals surface area contributed by atoms with E-state index >= 15 is 0 Å². The Bertz CT molecular complexity index is 1140. The van der Waals surface area contributed by atoms with Crippen molar-refractivity contribution in [2.24, 2.45) is 0 Å². The second-order valence-electron chi connectivity index (χ2n) is 6.92. The third kappa shape index (κ3) is 4.45. The number of pyridine rings is 1. The Morgan fingerprint density at radius 3 is 2.53 bits per heavy atom. The molecular weight excluding hydrogens is 418 g/mol. The second kappa shape index (κ2) is 8.81. The van der Waals surface area contributed by atoms with E-state index in [4.69, 9.17) is 21.3 Å². The highest BCUT2D eigenvalue weighted by Crippen LogP contribution is 2.33. The van der Waals surface area contributed by atoms with Gasteiger partial charge in [-0.05, 0) is 61.4 Å². The zero-order chi connectivity index (χ0) is 21.1. The Kier molecular flexibility index (Phi) is 5.97. The van der Waals surface area contributed by atoms with E-state index in [1.165, 1.54) is 11.3 Å². The smallest absolute Gasteiger partial charge is 0.267 e. The number of amides is 1. The Balaban J connectivity index is 1.64. The topological polar surface area (TPSA) is 55.3 Å². The normalized spacial score (nSPS) is 10.9. The molecule has 0 saturated heterocycles. The van der Waals surface area contributed by atoms with Gasteiger partial charge >= 0.3 is 0 Å². The van der Waals surface area contributed by atoms with Gasteiger partial charge < -0.3 is 4.74 Å². The van der Waals surface area contributed by atoms with Crippen LogP contribution in [0.5, 0.6) is 5.75 Å². The molecule has 2 aromatic carbocycles. The average molecular weight is 438 g/mol. The molecule has 1 amide bonds. The Morgan fingerprint density at radius 2 is 1.83 bits per heavy atom. The van der Waals surface area contributed by atoms with Gasteiger partial charge in [0.2, 0.25) is 0 Å². The van der Waals surface area contributed by atoms with Crippen LogP contribution in [0, 0.1) is 13.8 Å². The molecule has 0 spiro atoms. The molecular formula is C23H20ClN3O2S. The fourth-order valence-corrected chi connectivity index (χ4v) is 4.29. The lowest BCUT2D eigenvalue weighted by Gasteiger charge is -2.19. The number of nitrogens with zero attached hydrogens (tertiary/aromatic N) is 3. The maximum absolute atomic E-state index is 13.1. The van der Waals surface area contributed by atoms with Gasteiger partial charge in [0.15, 0.2) is 11.7 Å². The highest BCUT2D eigenvalue weighted by atomic mass is 35.5. The van der Waals surface area contributed by atoms with Crippen molar-refractivity contribution >= 4 is 44.2 Å². The van der Waals surface area contributed by atoms with Crippen molar-refractivity contribution in [2.45, 2.75) is 20.4 Å². The van der Waals surface area contributed by atoms with E-state index in [0.29, 0.717) is 22.4 Å². The third-order valence-corrected chi connectivity index (χ3v) is 6.15. The minimum atomic E-state index is -0.190. The molecule has 0 aliphatic rings. The van der Waals surface area contributed by atoms with E-state index in [0.717, 1.165) is 27.0 Å². The van der Waals surface area contributed by atoms with Crippen molar-refractivity contribution in [1.29, 1.82) is 0 Å². The van der Waals surface area contributed by atoms with Crippen LogP contribution in [0.4, 0.5) is 5.13 Å². The van der Waals surface area contributed by atoms with Gasteiger partial charge in [-0.25, -0.2) is 4.98 Å². The van der Waals surface area contributed by atoms with E-state index in [2.05, 4.69) is 24.0 Å². The zero-order valence-electron chi connectivity index (χ0n) is 16.6. The molecule has 4 aromatic rings. The summed E-state index contributed by atoms with van der Waals surface area (Å²) in [5.41, 5.74) is 3.93. The molecule has 0 fully saturated rings. The van der Waals surface area contributed by atoms with Gasteiger partial charge in [-0.2, -0.15) is 0 Å². The number of aryl methyl sites for hydroxylation is 2. The molecule has 0 bridgehead atoms. The monoisotopic (exact) mass is 437 g/mol. The van der Waals surface area contributed by atoms with Crippen molar-refractivity contribution in [1.82, 2.24) is 9.97 Å². The summed E-state index contributed by atoms with van der Waals surface area (Å²) in [6.07, 6.45) is 1.72. The van der Waals surface area contributed by atoms with Crippen LogP contribution in [0.25, 0.3) is 10.2 Å². The fourth-order valence-electron chi connectivity index (χ4n) is 3.03. The van der Waals surface area contributed by atoms with E-state index in [-0.39, 0.29) is 12.5 Å². The molecule has 2 aromatic heterocycles. The van der Waals surface area contributed by atoms with Gasteiger partial charge in [-0.3, -0.25) is 14.7 Å². The number of hydrogen-bond donors (Lipinski definition) is 0. The number of thiazole rings is 1. The highest BCUT2D eigenvalue weighted by molar-refractivity contribution is 7.22. The number of carbonyl (C=O) groups excluding carboxylic acids is 1. The SMILES string of the molecule is Cc1ccc(C)c2sc(N(Cc3ccccn3)C(=O)COc3ccc(Cl)cc3)nc12. The Morgan fingerprint density at radius 1 is 1.07 bits per heavy atom. The second-order valence-corrected chi connectivity index (χ2v) is 8.33. The van der Waals surface area contributed by atoms with Crippen LogP contribution in [0.3, 0.4) is 0 Å². The predicted octanol–water partition coefficient (Wildman–Crippen LogP) is 5.57. The largest absolute Gasteiger partial charge is 0.484 e. The van der Waals surface area contributed by atoms with Gasteiger partial charge in [0.05, 0.1) is 22.5 Å².